The Morgan fingerprint density at radius 1 is 1.14 bits per heavy atom. The smallest absolute Gasteiger partial charge is 0.315 e. The minimum atomic E-state index is -0.0340. The van der Waals surface area contributed by atoms with Crippen LogP contribution in [-0.2, 0) is 11.2 Å². The molecular weight excluding hydrogens is 382 g/mol. The highest BCUT2D eigenvalue weighted by Gasteiger charge is 2.42. The zero-order chi connectivity index (χ0) is 20.2. The van der Waals surface area contributed by atoms with E-state index in [2.05, 4.69) is 53.1 Å². The maximum Gasteiger partial charge on any atom is 0.315 e. The topological polar surface area (TPSA) is 61.4 Å². The maximum absolute atomic E-state index is 12.5. The monoisotopic (exact) mass is 411 g/mol. The normalized spacial score (nSPS) is 22.9. The van der Waals surface area contributed by atoms with E-state index in [1.54, 1.807) is 0 Å². The van der Waals surface area contributed by atoms with Gasteiger partial charge in [0.25, 0.3) is 0 Å². The molecule has 0 bridgehead atoms. The minimum absolute atomic E-state index is 0.0340. The lowest BCUT2D eigenvalue weighted by Gasteiger charge is -2.19. The van der Waals surface area contributed by atoms with Gasteiger partial charge in [0.1, 0.15) is 0 Å². The number of nitrogens with one attached hydrogen (secondary N) is 2. The quantitative estimate of drug-likeness (QED) is 0.516. The molecule has 154 valence electrons. The molecule has 29 heavy (non-hydrogen) atoms. The fraction of sp³-hybridized carbons (Fsp3) is 0.478. The number of amides is 3. The third kappa shape index (κ3) is 4.69. The molecule has 3 atom stereocenters. The highest BCUT2D eigenvalue weighted by molar-refractivity contribution is 8.00. The number of hydrogen-bond acceptors (Lipinski definition) is 3. The van der Waals surface area contributed by atoms with E-state index in [9.17, 15) is 9.59 Å². The number of likely N-dealkylation sites (N-methyl/N-ethyl adjacent to an activating group) is 1. The van der Waals surface area contributed by atoms with Crippen LogP contribution in [0.25, 0.3) is 10.8 Å². The Bertz CT molecular complexity index is 882. The first-order valence-corrected chi connectivity index (χ1v) is 11.6. The van der Waals surface area contributed by atoms with Gasteiger partial charge >= 0.3 is 6.03 Å². The average Bonchev–Trinajstić information content (AvgIpc) is 3.28. The number of unbranched alkanes of at least 4 members (excludes halogenated alkanes) is 1. The molecule has 4 rings (SSSR count). The van der Waals surface area contributed by atoms with Gasteiger partial charge < -0.3 is 15.5 Å². The van der Waals surface area contributed by atoms with Crippen molar-refractivity contribution in [2.45, 2.75) is 49.4 Å². The molecule has 0 unspecified atom stereocenters. The van der Waals surface area contributed by atoms with Crippen molar-refractivity contribution in [2.75, 3.05) is 19.3 Å². The second kappa shape index (κ2) is 9.08. The predicted octanol–water partition coefficient (Wildman–Crippen LogP) is 3.57. The Morgan fingerprint density at radius 2 is 1.97 bits per heavy atom. The van der Waals surface area contributed by atoms with Gasteiger partial charge in [-0.2, -0.15) is 11.8 Å². The van der Waals surface area contributed by atoms with Gasteiger partial charge in [-0.15, -0.1) is 0 Å². The van der Waals surface area contributed by atoms with E-state index in [0.717, 1.165) is 38.0 Å². The maximum atomic E-state index is 12.5. The Balaban J connectivity index is 1.18. The first kappa shape index (κ1) is 20.1. The number of nitrogens with zero attached hydrogens (tertiary/aromatic N) is 1. The van der Waals surface area contributed by atoms with Crippen molar-refractivity contribution in [3.63, 3.8) is 0 Å². The summed E-state index contributed by atoms with van der Waals surface area (Å²) in [5, 5.41) is 9.00. The summed E-state index contributed by atoms with van der Waals surface area (Å²) in [4.78, 5) is 25.8. The highest BCUT2D eigenvalue weighted by Crippen LogP contribution is 2.33. The summed E-state index contributed by atoms with van der Waals surface area (Å²) < 4.78 is 0. The molecule has 0 spiro atoms. The van der Waals surface area contributed by atoms with Crippen molar-refractivity contribution in [1.29, 1.82) is 0 Å². The summed E-state index contributed by atoms with van der Waals surface area (Å²) in [6.07, 6.45) is 4.47. The first-order valence-electron chi connectivity index (χ1n) is 10.5. The van der Waals surface area contributed by atoms with E-state index in [4.69, 9.17) is 0 Å². The van der Waals surface area contributed by atoms with Crippen molar-refractivity contribution in [3.8, 4) is 0 Å². The number of thioether (sulfide) groups is 1. The molecule has 2 aliphatic rings. The second-order valence-electron chi connectivity index (χ2n) is 8.07. The molecule has 2 fully saturated rings. The number of hydrogen-bond donors (Lipinski definition) is 2. The van der Waals surface area contributed by atoms with Gasteiger partial charge in [-0.3, -0.25) is 4.79 Å². The van der Waals surface area contributed by atoms with E-state index in [-0.39, 0.29) is 24.0 Å². The highest BCUT2D eigenvalue weighted by atomic mass is 32.2. The SMILES string of the molecule is CN(CCc1cccc2ccccc12)C(=O)CCCC[C@@H]1SC[C@@H]2NC(=O)N[C@@H]21. The van der Waals surface area contributed by atoms with Crippen LogP contribution in [0.3, 0.4) is 0 Å². The fourth-order valence-corrected chi connectivity index (χ4v) is 5.92. The van der Waals surface area contributed by atoms with Crippen LogP contribution in [-0.4, -0.2) is 53.5 Å². The van der Waals surface area contributed by atoms with Crippen LogP contribution in [0.4, 0.5) is 4.79 Å². The number of carbonyl (C=O) groups is 2. The predicted molar refractivity (Wildman–Crippen MR) is 119 cm³/mol. The Morgan fingerprint density at radius 3 is 2.86 bits per heavy atom. The van der Waals surface area contributed by atoms with E-state index < -0.39 is 0 Å². The first-order chi connectivity index (χ1) is 14.1. The zero-order valence-corrected chi connectivity index (χ0v) is 17.7. The van der Waals surface area contributed by atoms with Crippen LogP contribution in [0.1, 0.15) is 31.2 Å². The van der Waals surface area contributed by atoms with Crippen LogP contribution in [0.15, 0.2) is 42.5 Å². The zero-order valence-electron chi connectivity index (χ0n) is 16.9. The Kier molecular flexibility index (Phi) is 6.28. The molecule has 0 aliphatic carbocycles. The summed E-state index contributed by atoms with van der Waals surface area (Å²) in [5.41, 5.74) is 1.29. The standard InChI is InChI=1S/C23H29N3O2S/c1-26(14-13-17-9-6-8-16-7-2-3-10-18(16)17)21(27)12-5-4-11-20-22-19(15-29-20)24-23(28)25-22/h2-3,6-10,19-20,22H,4-5,11-15H2,1H3,(H2,24,25,28)/t19-,20-,22-/m0/s1. The largest absolute Gasteiger partial charge is 0.345 e. The van der Waals surface area contributed by atoms with Crippen molar-refractivity contribution < 1.29 is 9.59 Å². The van der Waals surface area contributed by atoms with Crippen LogP contribution < -0.4 is 10.6 Å². The van der Waals surface area contributed by atoms with Crippen LogP contribution in [0, 0.1) is 0 Å². The summed E-state index contributed by atoms with van der Waals surface area (Å²) in [7, 11) is 1.91. The number of carbonyl (C=O) groups excluding carboxylic acids is 2. The summed E-state index contributed by atoms with van der Waals surface area (Å²) in [6, 6.07) is 15.3. The average molecular weight is 412 g/mol. The molecule has 0 aromatic heterocycles. The molecule has 5 nitrogen and oxygen atoms in total. The molecule has 2 saturated heterocycles. The van der Waals surface area contributed by atoms with Crippen molar-refractivity contribution >= 4 is 34.5 Å². The van der Waals surface area contributed by atoms with Gasteiger partial charge in [0, 0.05) is 31.0 Å². The van der Waals surface area contributed by atoms with Gasteiger partial charge in [0.2, 0.25) is 5.91 Å². The van der Waals surface area contributed by atoms with Crippen molar-refractivity contribution in [3.05, 3.63) is 48.0 Å². The summed E-state index contributed by atoms with van der Waals surface area (Å²) in [6.45, 7) is 0.743. The Hall–Kier alpha value is -2.21. The van der Waals surface area contributed by atoms with Crippen LogP contribution >= 0.6 is 11.8 Å². The van der Waals surface area contributed by atoms with Crippen molar-refractivity contribution in [1.82, 2.24) is 15.5 Å². The van der Waals surface area contributed by atoms with Gasteiger partial charge in [-0.05, 0) is 35.6 Å². The van der Waals surface area contributed by atoms with Crippen molar-refractivity contribution in [2.24, 2.45) is 0 Å². The third-order valence-electron chi connectivity index (χ3n) is 6.09. The second-order valence-corrected chi connectivity index (χ2v) is 9.34. The summed E-state index contributed by atoms with van der Waals surface area (Å²) in [5.74, 6) is 1.21. The van der Waals surface area contributed by atoms with Gasteiger partial charge in [0.15, 0.2) is 0 Å². The van der Waals surface area contributed by atoms with Crippen LogP contribution in [0.2, 0.25) is 0 Å². The number of rotatable bonds is 8. The molecule has 0 radical (unpaired) electrons. The van der Waals surface area contributed by atoms with E-state index in [1.807, 2.05) is 23.7 Å². The van der Waals surface area contributed by atoms with E-state index in [0.29, 0.717) is 11.7 Å². The lowest BCUT2D eigenvalue weighted by atomic mass is 10.0. The third-order valence-corrected chi connectivity index (χ3v) is 7.60. The fourth-order valence-electron chi connectivity index (χ4n) is 4.38. The van der Waals surface area contributed by atoms with E-state index >= 15 is 0 Å². The molecular formula is C23H29N3O2S. The summed E-state index contributed by atoms with van der Waals surface area (Å²) >= 11 is 1.94. The number of benzene rings is 2. The molecule has 2 N–H and O–H groups in total. The molecule has 0 saturated carbocycles. The molecule has 2 aromatic rings. The minimum Gasteiger partial charge on any atom is -0.345 e. The molecule has 2 aromatic carbocycles. The lowest BCUT2D eigenvalue weighted by Crippen LogP contribution is -2.36. The molecule has 2 aliphatic heterocycles. The van der Waals surface area contributed by atoms with Gasteiger partial charge in [-0.1, -0.05) is 48.9 Å². The van der Waals surface area contributed by atoms with Gasteiger partial charge in [-0.25, -0.2) is 4.79 Å². The Labute approximate surface area is 176 Å². The molecule has 3 amide bonds. The van der Waals surface area contributed by atoms with Gasteiger partial charge in [0.05, 0.1) is 12.1 Å². The molecule has 2 heterocycles. The number of urea groups is 1. The molecule has 6 heteroatoms. The van der Waals surface area contributed by atoms with Crippen LogP contribution in [0.5, 0.6) is 0 Å². The number of fused-ring (bicyclic) bond motifs is 2. The lowest BCUT2D eigenvalue weighted by molar-refractivity contribution is -0.130. The van der Waals surface area contributed by atoms with E-state index in [1.165, 1.54) is 16.3 Å².